The van der Waals surface area contributed by atoms with Crippen LogP contribution in [0.25, 0.3) is 0 Å². The van der Waals surface area contributed by atoms with Crippen molar-refractivity contribution in [3.63, 3.8) is 0 Å². The van der Waals surface area contributed by atoms with Gasteiger partial charge in [-0.15, -0.1) is 0 Å². The van der Waals surface area contributed by atoms with Crippen molar-refractivity contribution in [2.75, 3.05) is 33.2 Å². The Morgan fingerprint density at radius 3 is 2.77 bits per heavy atom. The molecule has 0 aliphatic carbocycles. The number of likely N-dealkylation sites (tertiary alicyclic amines) is 1. The molecule has 1 aromatic rings. The fourth-order valence-electron chi connectivity index (χ4n) is 4.58. The molecule has 26 heavy (non-hydrogen) atoms. The zero-order chi connectivity index (χ0) is 18.9. The van der Waals surface area contributed by atoms with E-state index in [0.29, 0.717) is 24.8 Å². The molecule has 2 atom stereocenters. The molecular weight excluding hydrogens is 352 g/mol. The molecule has 3 heterocycles. The number of amidine groups is 1. The Balaban J connectivity index is 1.90. The summed E-state index contributed by atoms with van der Waals surface area (Å²) in [6.07, 6.45) is 4.61. The van der Waals surface area contributed by atoms with Crippen LogP contribution in [0.3, 0.4) is 0 Å². The van der Waals surface area contributed by atoms with Gasteiger partial charge in [0.25, 0.3) is 10.2 Å². The van der Waals surface area contributed by atoms with Gasteiger partial charge in [-0.3, -0.25) is 4.99 Å². The number of aromatic amines is 1. The van der Waals surface area contributed by atoms with Gasteiger partial charge in [-0.25, -0.2) is 10.1 Å². The molecule has 3 N–H and O–H groups in total. The molecule has 2 saturated heterocycles. The Hall–Kier alpha value is -1.71. The summed E-state index contributed by atoms with van der Waals surface area (Å²) >= 11 is 0. The van der Waals surface area contributed by atoms with Crippen LogP contribution in [0.1, 0.15) is 31.7 Å². The highest BCUT2D eigenvalue weighted by molar-refractivity contribution is 7.86. The van der Waals surface area contributed by atoms with Crippen LogP contribution in [-0.2, 0) is 10.2 Å². The molecular formula is C17H28N6O2S. The molecule has 8 nitrogen and oxygen atoms in total. The summed E-state index contributed by atoms with van der Waals surface area (Å²) in [6, 6.07) is 1.95. The first-order chi connectivity index (χ1) is 12.3. The molecule has 0 amide bonds. The minimum absolute atomic E-state index is 0.114. The van der Waals surface area contributed by atoms with Crippen molar-refractivity contribution in [3.8, 4) is 0 Å². The van der Waals surface area contributed by atoms with Gasteiger partial charge in [0.05, 0.1) is 5.56 Å². The van der Waals surface area contributed by atoms with E-state index in [1.807, 2.05) is 12.3 Å². The van der Waals surface area contributed by atoms with Gasteiger partial charge < -0.3 is 9.88 Å². The highest BCUT2D eigenvalue weighted by Crippen LogP contribution is 2.45. The summed E-state index contributed by atoms with van der Waals surface area (Å²) in [5.41, 5.74) is 0.808. The van der Waals surface area contributed by atoms with E-state index >= 15 is 0 Å². The monoisotopic (exact) mass is 380 g/mol. The first-order valence-electron chi connectivity index (χ1n) is 8.98. The van der Waals surface area contributed by atoms with Crippen molar-refractivity contribution in [2.24, 2.45) is 26.5 Å². The van der Waals surface area contributed by atoms with E-state index in [2.05, 4.69) is 33.5 Å². The second-order valence-electron chi connectivity index (χ2n) is 7.24. The Kier molecular flexibility index (Phi) is 5.23. The third-order valence-electron chi connectivity index (χ3n) is 6.04. The van der Waals surface area contributed by atoms with Gasteiger partial charge in [-0.1, -0.05) is 6.92 Å². The molecule has 2 aliphatic heterocycles. The average Bonchev–Trinajstić information content (AvgIpc) is 3.09. The molecule has 0 radical (unpaired) electrons. The lowest BCUT2D eigenvalue weighted by Crippen LogP contribution is -2.60. The van der Waals surface area contributed by atoms with Crippen molar-refractivity contribution >= 4 is 28.6 Å². The lowest BCUT2D eigenvalue weighted by atomic mass is 9.66. The molecule has 144 valence electrons. The number of piperidine rings is 2. The highest BCUT2D eigenvalue weighted by atomic mass is 32.2. The van der Waals surface area contributed by atoms with Crippen LogP contribution in [0.5, 0.6) is 0 Å². The molecule has 2 aliphatic rings. The Bertz CT molecular complexity index is 802. The fraction of sp³-hybridized carbons (Fsp3) is 0.647. The smallest absolute Gasteiger partial charge is 0.276 e. The van der Waals surface area contributed by atoms with Gasteiger partial charge in [-0.2, -0.15) is 12.7 Å². The van der Waals surface area contributed by atoms with Gasteiger partial charge in [-0.05, 0) is 38.0 Å². The largest absolute Gasteiger partial charge is 0.356 e. The van der Waals surface area contributed by atoms with E-state index in [0.717, 1.165) is 43.8 Å². The number of nitrogens with one attached hydrogen (secondary N) is 1. The zero-order valence-electron chi connectivity index (χ0n) is 15.5. The van der Waals surface area contributed by atoms with Crippen LogP contribution >= 0.6 is 0 Å². The first kappa shape index (κ1) is 19.1. The maximum absolute atomic E-state index is 11.9. The predicted octanol–water partition coefficient (Wildman–Crippen LogP) is 1.35. The third-order valence-corrected chi connectivity index (χ3v) is 7.07. The molecule has 0 unspecified atom stereocenters. The maximum Gasteiger partial charge on any atom is 0.276 e. The quantitative estimate of drug-likeness (QED) is 0.608. The fourth-order valence-corrected chi connectivity index (χ4v) is 5.38. The van der Waals surface area contributed by atoms with Gasteiger partial charge >= 0.3 is 0 Å². The average molecular weight is 381 g/mol. The van der Waals surface area contributed by atoms with E-state index in [1.165, 1.54) is 4.31 Å². The van der Waals surface area contributed by atoms with E-state index in [-0.39, 0.29) is 5.41 Å². The number of hydrogen-bond donors (Lipinski definition) is 2. The number of rotatable bonds is 4. The molecule has 0 spiro atoms. The Morgan fingerprint density at radius 2 is 2.15 bits per heavy atom. The predicted molar refractivity (Wildman–Crippen MR) is 104 cm³/mol. The number of nitrogens with two attached hydrogens (primary N) is 1. The standard InChI is InChI=1S/C17H28N6O2S/c1-4-17-11-22(16(20-3)14-5-8-21-15(14)19-2)9-6-13(17)7-10-23(12-17)26(18,24)25/h5,8,13,21H,2,4,6-7,9-12H2,1,3H3,(H2,18,24,25)/t13-,17+/m1/s1. The van der Waals surface area contributed by atoms with Crippen molar-refractivity contribution in [3.05, 3.63) is 17.8 Å². The Morgan fingerprint density at radius 1 is 1.42 bits per heavy atom. The van der Waals surface area contributed by atoms with E-state index < -0.39 is 10.2 Å². The van der Waals surface area contributed by atoms with Crippen LogP contribution in [-0.4, -0.2) is 68.4 Å². The lowest BCUT2D eigenvalue weighted by Gasteiger charge is -2.53. The summed E-state index contributed by atoms with van der Waals surface area (Å²) in [6.45, 7) is 8.40. The molecule has 0 aromatic carbocycles. The number of aliphatic imine (C=N–C) groups is 2. The third kappa shape index (κ3) is 3.30. The normalized spacial score (nSPS) is 28.0. The molecule has 9 heteroatoms. The van der Waals surface area contributed by atoms with Crippen LogP contribution in [0, 0.1) is 11.3 Å². The van der Waals surface area contributed by atoms with Gasteiger partial charge in [0, 0.05) is 44.8 Å². The number of H-pyrrole nitrogens is 1. The van der Waals surface area contributed by atoms with Crippen LogP contribution in [0.4, 0.5) is 5.82 Å². The number of aromatic nitrogens is 1. The van der Waals surface area contributed by atoms with Gasteiger partial charge in [0.2, 0.25) is 0 Å². The van der Waals surface area contributed by atoms with Crippen LogP contribution in [0.2, 0.25) is 0 Å². The SMILES string of the molecule is C=Nc1[nH]ccc1C(=NC)N1CC[C@@H]2CCN(S(N)(=O)=O)C[C@]2(CC)C1. The van der Waals surface area contributed by atoms with Crippen LogP contribution < -0.4 is 5.14 Å². The van der Waals surface area contributed by atoms with E-state index in [4.69, 9.17) is 5.14 Å². The lowest BCUT2D eigenvalue weighted by molar-refractivity contribution is 0.00226. The van der Waals surface area contributed by atoms with Crippen molar-refractivity contribution in [1.82, 2.24) is 14.2 Å². The minimum Gasteiger partial charge on any atom is -0.356 e. The summed E-state index contributed by atoms with van der Waals surface area (Å²) < 4.78 is 25.2. The number of hydrogen-bond acceptors (Lipinski definition) is 4. The van der Waals surface area contributed by atoms with Gasteiger partial charge in [0.15, 0.2) is 0 Å². The summed E-state index contributed by atoms with van der Waals surface area (Å²) in [5, 5.41) is 5.42. The topological polar surface area (TPSA) is 107 Å². The number of fused-ring (bicyclic) bond motifs is 1. The Labute approximate surface area is 155 Å². The summed E-state index contributed by atoms with van der Waals surface area (Å²) in [4.78, 5) is 13.9. The van der Waals surface area contributed by atoms with E-state index in [9.17, 15) is 8.42 Å². The first-order valence-corrected chi connectivity index (χ1v) is 10.5. The van der Waals surface area contributed by atoms with Crippen LogP contribution in [0.15, 0.2) is 22.2 Å². The maximum atomic E-state index is 11.9. The highest BCUT2D eigenvalue weighted by Gasteiger charge is 2.48. The molecule has 0 saturated carbocycles. The van der Waals surface area contributed by atoms with Gasteiger partial charge in [0.1, 0.15) is 11.7 Å². The van der Waals surface area contributed by atoms with Crippen molar-refractivity contribution < 1.29 is 8.42 Å². The minimum atomic E-state index is -3.67. The van der Waals surface area contributed by atoms with Crippen molar-refractivity contribution in [1.29, 1.82) is 0 Å². The second kappa shape index (κ2) is 7.13. The zero-order valence-corrected chi connectivity index (χ0v) is 16.3. The number of nitrogens with zero attached hydrogens (tertiary/aromatic N) is 4. The summed E-state index contributed by atoms with van der Waals surface area (Å²) in [5.74, 6) is 2.07. The van der Waals surface area contributed by atoms with E-state index in [1.54, 1.807) is 7.05 Å². The molecule has 1 aromatic heterocycles. The molecule has 0 bridgehead atoms. The van der Waals surface area contributed by atoms with Crippen molar-refractivity contribution in [2.45, 2.75) is 26.2 Å². The molecule has 2 fully saturated rings. The summed E-state index contributed by atoms with van der Waals surface area (Å²) in [7, 11) is -1.89. The second-order valence-corrected chi connectivity index (χ2v) is 8.78. The molecule has 3 rings (SSSR count).